The van der Waals surface area contributed by atoms with E-state index in [1.165, 1.54) is 0 Å². The monoisotopic (exact) mass is 345 g/mol. The van der Waals surface area contributed by atoms with Gasteiger partial charge in [0.15, 0.2) is 11.5 Å². The van der Waals surface area contributed by atoms with Crippen molar-refractivity contribution in [2.75, 3.05) is 32.8 Å². The highest BCUT2D eigenvalue weighted by Gasteiger charge is 2.12. The minimum Gasteiger partial charge on any atom is -0.490 e. The van der Waals surface area contributed by atoms with Crippen LogP contribution in [0.4, 0.5) is 0 Å². The summed E-state index contributed by atoms with van der Waals surface area (Å²) in [6, 6.07) is 3.68. The van der Waals surface area contributed by atoms with Gasteiger partial charge in [0.1, 0.15) is 6.61 Å². The fraction of sp³-hybridized carbons (Fsp3) is 0.600. The summed E-state index contributed by atoms with van der Waals surface area (Å²) < 4.78 is 12.3. The quantitative estimate of drug-likeness (QED) is 0.746. The molecule has 0 atom stereocenters. The molecule has 114 valence electrons. The lowest BCUT2D eigenvalue weighted by molar-refractivity contribution is 0.212. The first-order valence-electron chi connectivity index (χ1n) is 7.07. The van der Waals surface area contributed by atoms with Crippen molar-refractivity contribution in [3.63, 3.8) is 0 Å². The molecule has 0 saturated heterocycles. The summed E-state index contributed by atoms with van der Waals surface area (Å²) in [4.78, 5) is 2.30. The van der Waals surface area contributed by atoms with Crippen LogP contribution < -0.4 is 9.47 Å². The normalized spacial score (nSPS) is 10.9. The molecule has 0 aliphatic rings. The molecule has 0 bridgehead atoms. The number of rotatable bonds is 9. The van der Waals surface area contributed by atoms with Crippen LogP contribution in [0.1, 0.15) is 26.3 Å². The summed E-state index contributed by atoms with van der Waals surface area (Å²) in [5.41, 5.74) is 0.802. The largest absolute Gasteiger partial charge is 0.490 e. The molecule has 0 fully saturated rings. The van der Waals surface area contributed by atoms with Crippen LogP contribution in [-0.4, -0.2) is 42.9 Å². The topological polar surface area (TPSA) is 41.9 Å². The lowest BCUT2D eigenvalue weighted by Gasteiger charge is -2.20. The maximum absolute atomic E-state index is 9.23. The SMILES string of the molecule is CCOc1cc(CO)cc(Br)c1OCCN(CC)CC. The number of halogens is 1. The van der Waals surface area contributed by atoms with E-state index >= 15 is 0 Å². The molecule has 0 aliphatic carbocycles. The summed E-state index contributed by atoms with van der Waals surface area (Å²) in [5.74, 6) is 1.38. The molecular weight excluding hydrogens is 322 g/mol. The van der Waals surface area contributed by atoms with E-state index in [1.54, 1.807) is 0 Å². The number of hydrogen-bond donors (Lipinski definition) is 1. The second kappa shape index (κ2) is 9.21. The Kier molecular flexibility index (Phi) is 7.95. The Morgan fingerprint density at radius 3 is 2.40 bits per heavy atom. The third-order valence-corrected chi connectivity index (χ3v) is 3.69. The summed E-state index contributed by atoms with van der Waals surface area (Å²) in [7, 11) is 0. The van der Waals surface area contributed by atoms with Crippen molar-refractivity contribution >= 4 is 15.9 Å². The van der Waals surface area contributed by atoms with Crippen LogP contribution in [0.5, 0.6) is 11.5 Å². The Bertz CT molecular complexity index is 408. The van der Waals surface area contributed by atoms with Gasteiger partial charge in [-0.05, 0) is 53.6 Å². The lowest BCUT2D eigenvalue weighted by Crippen LogP contribution is -2.28. The van der Waals surface area contributed by atoms with Crippen LogP contribution in [-0.2, 0) is 6.61 Å². The molecule has 1 aromatic rings. The number of benzene rings is 1. The predicted octanol–water partition coefficient (Wildman–Crippen LogP) is 3.06. The Morgan fingerprint density at radius 1 is 1.15 bits per heavy atom. The van der Waals surface area contributed by atoms with E-state index in [0.717, 1.165) is 29.7 Å². The molecule has 1 aromatic carbocycles. The van der Waals surface area contributed by atoms with Gasteiger partial charge in [-0.15, -0.1) is 0 Å². The Labute approximate surface area is 129 Å². The first-order chi connectivity index (χ1) is 9.65. The molecule has 0 spiro atoms. The maximum atomic E-state index is 9.23. The summed E-state index contributed by atoms with van der Waals surface area (Å²) >= 11 is 3.48. The van der Waals surface area contributed by atoms with Gasteiger partial charge < -0.3 is 19.5 Å². The van der Waals surface area contributed by atoms with E-state index in [0.29, 0.717) is 24.7 Å². The summed E-state index contributed by atoms with van der Waals surface area (Å²) in [6.45, 7) is 10.3. The number of aliphatic hydroxyl groups is 1. The number of nitrogens with zero attached hydrogens (tertiary/aromatic N) is 1. The first kappa shape index (κ1) is 17.3. The van der Waals surface area contributed by atoms with E-state index in [4.69, 9.17) is 9.47 Å². The Hall–Kier alpha value is -0.780. The maximum Gasteiger partial charge on any atom is 0.175 e. The zero-order valence-electron chi connectivity index (χ0n) is 12.5. The zero-order valence-corrected chi connectivity index (χ0v) is 14.1. The van der Waals surface area contributed by atoms with E-state index in [1.807, 2.05) is 19.1 Å². The van der Waals surface area contributed by atoms with Gasteiger partial charge in [-0.3, -0.25) is 0 Å². The van der Waals surface area contributed by atoms with Gasteiger partial charge in [0.25, 0.3) is 0 Å². The predicted molar refractivity (Wildman–Crippen MR) is 84.5 cm³/mol. The molecule has 0 saturated carbocycles. The molecule has 0 radical (unpaired) electrons. The number of ether oxygens (including phenoxy) is 2. The average Bonchev–Trinajstić information content (AvgIpc) is 2.45. The van der Waals surface area contributed by atoms with Crippen molar-refractivity contribution in [2.45, 2.75) is 27.4 Å². The van der Waals surface area contributed by atoms with Gasteiger partial charge >= 0.3 is 0 Å². The van der Waals surface area contributed by atoms with Crippen LogP contribution in [0, 0.1) is 0 Å². The lowest BCUT2D eigenvalue weighted by atomic mass is 10.2. The van der Waals surface area contributed by atoms with E-state index in [9.17, 15) is 5.11 Å². The zero-order chi connectivity index (χ0) is 15.0. The average molecular weight is 346 g/mol. The second-order valence-electron chi connectivity index (χ2n) is 4.37. The van der Waals surface area contributed by atoms with Crippen molar-refractivity contribution in [2.24, 2.45) is 0 Å². The molecule has 0 unspecified atom stereocenters. The fourth-order valence-corrected chi connectivity index (χ4v) is 2.54. The molecule has 0 aromatic heterocycles. The summed E-state index contributed by atoms with van der Waals surface area (Å²) in [5, 5.41) is 9.23. The van der Waals surface area contributed by atoms with Crippen LogP contribution in [0.3, 0.4) is 0 Å². The van der Waals surface area contributed by atoms with Crippen LogP contribution >= 0.6 is 15.9 Å². The molecule has 1 rings (SSSR count). The van der Waals surface area contributed by atoms with Crippen molar-refractivity contribution in [3.8, 4) is 11.5 Å². The smallest absolute Gasteiger partial charge is 0.175 e. The van der Waals surface area contributed by atoms with Gasteiger partial charge in [-0.25, -0.2) is 0 Å². The van der Waals surface area contributed by atoms with Gasteiger partial charge in [0, 0.05) is 6.54 Å². The highest BCUT2D eigenvalue weighted by molar-refractivity contribution is 9.10. The van der Waals surface area contributed by atoms with Crippen molar-refractivity contribution in [3.05, 3.63) is 22.2 Å². The highest BCUT2D eigenvalue weighted by atomic mass is 79.9. The Morgan fingerprint density at radius 2 is 1.85 bits per heavy atom. The van der Waals surface area contributed by atoms with Crippen LogP contribution in [0.25, 0.3) is 0 Å². The molecule has 5 heteroatoms. The third kappa shape index (κ3) is 4.96. The van der Waals surface area contributed by atoms with Gasteiger partial charge in [-0.1, -0.05) is 13.8 Å². The molecule has 0 amide bonds. The van der Waals surface area contributed by atoms with Gasteiger partial charge in [0.05, 0.1) is 17.7 Å². The van der Waals surface area contributed by atoms with Crippen LogP contribution in [0.2, 0.25) is 0 Å². The Balaban J connectivity index is 2.77. The molecule has 20 heavy (non-hydrogen) atoms. The first-order valence-corrected chi connectivity index (χ1v) is 7.86. The molecule has 0 heterocycles. The van der Waals surface area contributed by atoms with Gasteiger partial charge in [0.2, 0.25) is 0 Å². The molecule has 1 N–H and O–H groups in total. The van der Waals surface area contributed by atoms with E-state index in [2.05, 4.69) is 34.7 Å². The molecular formula is C15H24BrNO3. The summed E-state index contributed by atoms with van der Waals surface area (Å²) in [6.07, 6.45) is 0. The second-order valence-corrected chi connectivity index (χ2v) is 5.23. The standard InChI is InChI=1S/C15H24BrNO3/c1-4-17(5-2)7-8-20-15-13(16)9-12(11-18)10-14(15)19-6-3/h9-10,18H,4-8,11H2,1-3H3. The number of likely N-dealkylation sites (N-methyl/N-ethyl adjacent to an activating group) is 1. The van der Waals surface area contributed by atoms with E-state index in [-0.39, 0.29) is 6.61 Å². The molecule has 0 aliphatic heterocycles. The number of aliphatic hydroxyl groups excluding tert-OH is 1. The highest BCUT2D eigenvalue weighted by Crippen LogP contribution is 2.36. The van der Waals surface area contributed by atoms with Gasteiger partial charge in [-0.2, -0.15) is 0 Å². The minimum atomic E-state index is -0.0155. The van der Waals surface area contributed by atoms with Crippen molar-refractivity contribution in [1.29, 1.82) is 0 Å². The van der Waals surface area contributed by atoms with Crippen molar-refractivity contribution in [1.82, 2.24) is 4.90 Å². The fourth-order valence-electron chi connectivity index (χ4n) is 1.93. The van der Waals surface area contributed by atoms with Crippen LogP contribution in [0.15, 0.2) is 16.6 Å². The van der Waals surface area contributed by atoms with Crippen molar-refractivity contribution < 1.29 is 14.6 Å². The number of hydrogen-bond acceptors (Lipinski definition) is 4. The van der Waals surface area contributed by atoms with E-state index < -0.39 is 0 Å². The third-order valence-electron chi connectivity index (χ3n) is 3.10. The molecule has 4 nitrogen and oxygen atoms in total. The minimum absolute atomic E-state index is 0.0155.